The van der Waals surface area contributed by atoms with E-state index in [9.17, 15) is 10.1 Å². The molecule has 0 radical (unpaired) electrons. The number of hydrogen-bond donors (Lipinski definition) is 1. The highest BCUT2D eigenvalue weighted by atomic mass is 16.5. The summed E-state index contributed by atoms with van der Waals surface area (Å²) < 4.78 is 11.6. The Morgan fingerprint density at radius 3 is 2.87 bits per heavy atom. The van der Waals surface area contributed by atoms with Crippen LogP contribution >= 0.6 is 0 Å². The van der Waals surface area contributed by atoms with Crippen molar-refractivity contribution in [1.82, 2.24) is 9.55 Å². The Labute approximate surface area is 131 Å². The molecule has 0 amide bonds. The molecule has 0 bridgehead atoms. The number of oxazole rings is 1. The van der Waals surface area contributed by atoms with Gasteiger partial charge in [-0.05, 0) is 12.1 Å². The monoisotopic (exact) mass is 308 g/mol. The average Bonchev–Trinajstić information content (AvgIpc) is 3.22. The van der Waals surface area contributed by atoms with Crippen LogP contribution in [-0.2, 0) is 4.74 Å². The third kappa shape index (κ3) is 2.32. The van der Waals surface area contributed by atoms with Crippen molar-refractivity contribution in [1.29, 1.82) is 5.26 Å². The number of para-hydroxylation sites is 1. The lowest BCUT2D eigenvalue weighted by Gasteiger charge is -2.11. The standard InChI is InChI=1S/C16H12N4O3/c1-22-16(21)15-14(18)10(6-17)8-20(15)12-5-3-2-4-11(12)13-7-19-9-23-13/h2-5,7-9H,18H2,1H3. The van der Waals surface area contributed by atoms with Gasteiger partial charge in [-0.3, -0.25) is 0 Å². The van der Waals surface area contributed by atoms with Gasteiger partial charge in [-0.2, -0.15) is 5.26 Å². The van der Waals surface area contributed by atoms with Crippen LogP contribution in [0.3, 0.4) is 0 Å². The van der Waals surface area contributed by atoms with Crippen molar-refractivity contribution >= 4 is 11.7 Å². The summed E-state index contributed by atoms with van der Waals surface area (Å²) in [6.07, 6.45) is 4.38. The van der Waals surface area contributed by atoms with Crippen LogP contribution in [0.1, 0.15) is 16.1 Å². The molecular formula is C16H12N4O3. The molecule has 2 aromatic heterocycles. The predicted molar refractivity (Wildman–Crippen MR) is 81.7 cm³/mol. The van der Waals surface area contributed by atoms with Crippen LogP contribution in [0.15, 0.2) is 47.5 Å². The first kappa shape index (κ1) is 14.4. The number of hydrogen-bond acceptors (Lipinski definition) is 6. The van der Waals surface area contributed by atoms with Crippen LogP contribution in [-0.4, -0.2) is 22.6 Å². The van der Waals surface area contributed by atoms with Crippen molar-refractivity contribution in [3.8, 4) is 23.1 Å². The zero-order valence-corrected chi connectivity index (χ0v) is 12.2. The number of anilines is 1. The highest BCUT2D eigenvalue weighted by Crippen LogP contribution is 2.31. The summed E-state index contributed by atoms with van der Waals surface area (Å²) in [5.41, 5.74) is 7.61. The second-order valence-electron chi connectivity index (χ2n) is 4.66. The number of nitrogen functional groups attached to an aromatic ring is 1. The van der Waals surface area contributed by atoms with E-state index >= 15 is 0 Å². The highest BCUT2D eigenvalue weighted by Gasteiger charge is 2.23. The van der Waals surface area contributed by atoms with E-state index < -0.39 is 5.97 Å². The van der Waals surface area contributed by atoms with E-state index in [0.29, 0.717) is 17.0 Å². The molecule has 0 unspecified atom stereocenters. The number of nitrogens with two attached hydrogens (primary N) is 1. The fourth-order valence-electron chi connectivity index (χ4n) is 2.35. The summed E-state index contributed by atoms with van der Waals surface area (Å²) in [6.45, 7) is 0. The number of benzene rings is 1. The van der Waals surface area contributed by atoms with Gasteiger partial charge < -0.3 is 19.5 Å². The largest absolute Gasteiger partial charge is 0.464 e. The Kier molecular flexibility index (Phi) is 3.57. The second kappa shape index (κ2) is 5.69. The summed E-state index contributed by atoms with van der Waals surface area (Å²) in [5, 5.41) is 9.19. The van der Waals surface area contributed by atoms with Gasteiger partial charge in [0.2, 0.25) is 0 Å². The lowest BCUT2D eigenvalue weighted by Crippen LogP contribution is -2.11. The number of carbonyl (C=O) groups excluding carboxylic acids is 1. The molecule has 7 nitrogen and oxygen atoms in total. The summed E-state index contributed by atoms with van der Waals surface area (Å²) in [7, 11) is 1.26. The summed E-state index contributed by atoms with van der Waals surface area (Å²) in [6, 6.07) is 9.21. The summed E-state index contributed by atoms with van der Waals surface area (Å²) in [4.78, 5) is 16.0. The normalized spacial score (nSPS) is 10.3. The van der Waals surface area contributed by atoms with Crippen LogP contribution in [0.5, 0.6) is 0 Å². The van der Waals surface area contributed by atoms with Gasteiger partial charge in [-0.15, -0.1) is 0 Å². The van der Waals surface area contributed by atoms with E-state index in [1.165, 1.54) is 24.3 Å². The van der Waals surface area contributed by atoms with Gasteiger partial charge in [0.05, 0.1) is 30.2 Å². The first-order valence-corrected chi connectivity index (χ1v) is 6.65. The Bertz CT molecular complexity index is 904. The van der Waals surface area contributed by atoms with Gasteiger partial charge in [0.25, 0.3) is 0 Å². The number of carbonyl (C=O) groups is 1. The molecule has 23 heavy (non-hydrogen) atoms. The quantitative estimate of drug-likeness (QED) is 0.744. The molecule has 0 spiro atoms. The minimum Gasteiger partial charge on any atom is -0.464 e. The molecule has 0 fully saturated rings. The lowest BCUT2D eigenvalue weighted by atomic mass is 10.1. The van der Waals surface area contributed by atoms with Gasteiger partial charge in [0.1, 0.15) is 6.07 Å². The zero-order chi connectivity index (χ0) is 16.4. The molecule has 0 aliphatic rings. The van der Waals surface area contributed by atoms with Gasteiger partial charge in [-0.1, -0.05) is 12.1 Å². The third-order valence-electron chi connectivity index (χ3n) is 3.40. The SMILES string of the molecule is COC(=O)c1c(N)c(C#N)cn1-c1ccccc1-c1cnco1. The molecule has 2 heterocycles. The predicted octanol–water partition coefficient (Wildman–Crippen LogP) is 2.37. The topological polar surface area (TPSA) is 107 Å². The highest BCUT2D eigenvalue weighted by molar-refractivity contribution is 5.96. The Morgan fingerprint density at radius 2 is 2.22 bits per heavy atom. The smallest absolute Gasteiger partial charge is 0.357 e. The fraction of sp³-hybridized carbons (Fsp3) is 0.0625. The number of esters is 1. The summed E-state index contributed by atoms with van der Waals surface area (Å²) >= 11 is 0. The van der Waals surface area contributed by atoms with E-state index in [1.807, 2.05) is 18.2 Å². The minimum absolute atomic E-state index is 0.0757. The average molecular weight is 308 g/mol. The van der Waals surface area contributed by atoms with E-state index in [2.05, 4.69) is 4.98 Å². The van der Waals surface area contributed by atoms with Gasteiger partial charge in [-0.25, -0.2) is 9.78 Å². The number of methoxy groups -OCH3 is 1. The van der Waals surface area contributed by atoms with Gasteiger partial charge >= 0.3 is 5.97 Å². The molecule has 3 aromatic rings. The van der Waals surface area contributed by atoms with Crippen LogP contribution in [0.25, 0.3) is 17.0 Å². The number of rotatable bonds is 3. The first-order valence-electron chi connectivity index (χ1n) is 6.65. The van der Waals surface area contributed by atoms with E-state index in [4.69, 9.17) is 14.9 Å². The van der Waals surface area contributed by atoms with Crippen molar-refractivity contribution in [2.75, 3.05) is 12.8 Å². The van der Waals surface area contributed by atoms with Crippen LogP contribution in [0.2, 0.25) is 0 Å². The maximum absolute atomic E-state index is 12.1. The number of ether oxygens (including phenoxy) is 1. The Morgan fingerprint density at radius 1 is 1.43 bits per heavy atom. The van der Waals surface area contributed by atoms with Gasteiger partial charge in [0, 0.05) is 11.8 Å². The third-order valence-corrected chi connectivity index (χ3v) is 3.40. The van der Waals surface area contributed by atoms with Gasteiger partial charge in [0.15, 0.2) is 17.8 Å². The van der Waals surface area contributed by atoms with Crippen molar-refractivity contribution in [2.24, 2.45) is 0 Å². The van der Waals surface area contributed by atoms with Crippen molar-refractivity contribution < 1.29 is 13.9 Å². The minimum atomic E-state index is -0.628. The first-order chi connectivity index (χ1) is 11.2. The van der Waals surface area contributed by atoms with E-state index in [0.717, 1.165) is 0 Å². The lowest BCUT2D eigenvalue weighted by molar-refractivity contribution is 0.0593. The van der Waals surface area contributed by atoms with Crippen LogP contribution < -0.4 is 5.73 Å². The van der Waals surface area contributed by atoms with E-state index in [1.54, 1.807) is 18.3 Å². The maximum Gasteiger partial charge on any atom is 0.357 e. The second-order valence-corrected chi connectivity index (χ2v) is 4.66. The molecule has 2 N–H and O–H groups in total. The molecule has 0 atom stereocenters. The fourth-order valence-corrected chi connectivity index (χ4v) is 2.35. The summed E-state index contributed by atoms with van der Waals surface area (Å²) in [5.74, 6) is -0.0985. The van der Waals surface area contributed by atoms with Crippen LogP contribution in [0.4, 0.5) is 5.69 Å². The molecular weight excluding hydrogens is 296 g/mol. The Balaban J connectivity index is 2.29. The van der Waals surface area contributed by atoms with E-state index in [-0.39, 0.29) is 16.9 Å². The number of aromatic nitrogens is 2. The number of nitriles is 1. The van der Waals surface area contributed by atoms with Crippen LogP contribution in [0, 0.1) is 11.3 Å². The molecule has 0 saturated carbocycles. The zero-order valence-electron chi connectivity index (χ0n) is 12.2. The molecule has 114 valence electrons. The molecule has 3 rings (SSSR count). The Hall–Kier alpha value is -3.53. The molecule has 0 aliphatic heterocycles. The van der Waals surface area contributed by atoms with Crippen molar-refractivity contribution in [2.45, 2.75) is 0 Å². The van der Waals surface area contributed by atoms with Crippen molar-refractivity contribution in [3.05, 3.63) is 54.3 Å². The molecule has 1 aromatic carbocycles. The number of nitrogens with zero attached hydrogens (tertiary/aromatic N) is 3. The maximum atomic E-state index is 12.1. The molecule has 0 aliphatic carbocycles. The van der Waals surface area contributed by atoms with Crippen molar-refractivity contribution in [3.63, 3.8) is 0 Å². The molecule has 0 saturated heterocycles. The molecule has 7 heteroatoms.